The van der Waals surface area contributed by atoms with E-state index in [1.807, 2.05) is 12.1 Å². The average Bonchev–Trinajstić information content (AvgIpc) is 2.94. The van der Waals surface area contributed by atoms with Crippen LogP contribution in [0.2, 0.25) is 14.4 Å². The van der Waals surface area contributed by atoms with Gasteiger partial charge in [0.25, 0.3) is 0 Å². The Morgan fingerprint density at radius 1 is 1.09 bits per heavy atom. The molecule has 0 aliphatic carbocycles. The van der Waals surface area contributed by atoms with Crippen LogP contribution in [0, 0.1) is 28.6 Å². The molecule has 3 nitrogen and oxygen atoms in total. The molecule has 1 heterocycles. The number of halogens is 3. The first kappa shape index (κ1) is 17.8. The normalized spacial score (nSPS) is 11.7. The van der Waals surface area contributed by atoms with Crippen LogP contribution in [0.25, 0.3) is 0 Å². The van der Waals surface area contributed by atoms with Crippen LogP contribution >= 0.6 is 46.1 Å². The Labute approximate surface area is 152 Å². The lowest BCUT2D eigenvalue weighted by molar-refractivity contribution is 0.0975. The molecule has 2 aromatic rings. The van der Waals surface area contributed by atoms with Gasteiger partial charge in [-0.2, -0.15) is 10.5 Å². The molecule has 0 radical (unpaired) electrons. The minimum Gasteiger partial charge on any atom is -0.293 e. The third kappa shape index (κ3) is 4.05. The molecule has 1 aromatic heterocycles. The number of benzene rings is 1. The standard InChI is InChI=1S/C16H9Cl3N2OS/c17-11-2-1-3-12(18)16(11)10(9(7-20)8-21)6-13(22)14-4-5-15(19)23-14/h1-5,9-10H,6H2. The van der Waals surface area contributed by atoms with Crippen LogP contribution in [0.15, 0.2) is 30.3 Å². The summed E-state index contributed by atoms with van der Waals surface area (Å²) in [7, 11) is 0. The van der Waals surface area contributed by atoms with Crippen LogP contribution in [-0.4, -0.2) is 5.78 Å². The predicted molar refractivity (Wildman–Crippen MR) is 92.2 cm³/mol. The Morgan fingerprint density at radius 3 is 2.17 bits per heavy atom. The molecule has 0 fully saturated rings. The van der Waals surface area contributed by atoms with Gasteiger partial charge < -0.3 is 0 Å². The molecule has 1 atom stereocenters. The van der Waals surface area contributed by atoms with Gasteiger partial charge in [0, 0.05) is 22.4 Å². The van der Waals surface area contributed by atoms with E-state index in [-0.39, 0.29) is 12.2 Å². The Balaban J connectivity index is 2.42. The number of hydrogen-bond donors (Lipinski definition) is 0. The fraction of sp³-hybridized carbons (Fsp3) is 0.188. The van der Waals surface area contributed by atoms with Gasteiger partial charge in [0.15, 0.2) is 5.78 Å². The van der Waals surface area contributed by atoms with Crippen molar-refractivity contribution in [3.63, 3.8) is 0 Å². The third-order valence-corrected chi connectivity index (χ3v) is 5.24. The summed E-state index contributed by atoms with van der Waals surface area (Å²) in [5.74, 6) is -1.95. The highest BCUT2D eigenvalue weighted by atomic mass is 35.5. The van der Waals surface area contributed by atoms with Crippen molar-refractivity contribution in [2.24, 2.45) is 5.92 Å². The molecule has 2 rings (SSSR count). The van der Waals surface area contributed by atoms with E-state index in [1.165, 1.54) is 0 Å². The van der Waals surface area contributed by atoms with Crippen molar-refractivity contribution in [1.82, 2.24) is 0 Å². The molecule has 0 saturated carbocycles. The number of Topliss-reactive ketones (excluding diaryl/α,β-unsaturated/α-hetero) is 1. The van der Waals surface area contributed by atoms with Crippen LogP contribution in [0.5, 0.6) is 0 Å². The van der Waals surface area contributed by atoms with E-state index in [1.54, 1.807) is 30.3 Å². The minimum absolute atomic E-state index is 0.0495. The van der Waals surface area contributed by atoms with Gasteiger partial charge >= 0.3 is 0 Å². The van der Waals surface area contributed by atoms with Gasteiger partial charge in [0.05, 0.1) is 21.4 Å². The van der Waals surface area contributed by atoms with Crippen molar-refractivity contribution in [3.05, 3.63) is 55.2 Å². The minimum atomic E-state index is -1.04. The average molecular weight is 384 g/mol. The van der Waals surface area contributed by atoms with Crippen molar-refractivity contribution >= 4 is 51.9 Å². The molecular formula is C16H9Cl3N2OS. The highest BCUT2D eigenvalue weighted by Gasteiger charge is 2.30. The smallest absolute Gasteiger partial charge is 0.173 e. The summed E-state index contributed by atoms with van der Waals surface area (Å²) < 4.78 is 0.498. The summed E-state index contributed by atoms with van der Waals surface area (Å²) in [6.45, 7) is 0. The second-order valence-electron chi connectivity index (χ2n) is 4.71. The second-order valence-corrected chi connectivity index (χ2v) is 7.24. The van der Waals surface area contributed by atoms with E-state index >= 15 is 0 Å². The molecule has 23 heavy (non-hydrogen) atoms. The molecule has 0 bridgehead atoms. The Kier molecular flexibility index (Phi) is 6.04. The maximum absolute atomic E-state index is 12.4. The number of nitriles is 2. The van der Waals surface area contributed by atoms with Gasteiger partial charge in [-0.25, -0.2) is 0 Å². The first-order valence-corrected chi connectivity index (χ1v) is 8.44. The molecule has 0 N–H and O–H groups in total. The molecule has 0 amide bonds. The van der Waals surface area contributed by atoms with Crippen LogP contribution in [0.1, 0.15) is 27.6 Å². The predicted octanol–water partition coefficient (Wildman–Crippen LogP) is 5.73. The van der Waals surface area contributed by atoms with Gasteiger partial charge in [-0.1, -0.05) is 40.9 Å². The van der Waals surface area contributed by atoms with E-state index in [4.69, 9.17) is 34.8 Å². The lowest BCUT2D eigenvalue weighted by Gasteiger charge is -2.19. The van der Waals surface area contributed by atoms with Gasteiger partial charge in [-0.15, -0.1) is 11.3 Å². The maximum atomic E-state index is 12.4. The first-order valence-electron chi connectivity index (χ1n) is 6.49. The molecule has 116 valence electrons. The lowest BCUT2D eigenvalue weighted by Crippen LogP contribution is -2.15. The van der Waals surface area contributed by atoms with E-state index in [0.29, 0.717) is 24.8 Å². The fourth-order valence-corrected chi connectivity index (χ4v) is 3.89. The number of carbonyl (C=O) groups excluding carboxylic acids is 1. The summed E-state index contributed by atoms with van der Waals surface area (Å²) in [6.07, 6.45) is -0.0495. The molecule has 1 unspecified atom stereocenters. The fourth-order valence-electron chi connectivity index (χ4n) is 2.22. The number of nitrogens with zero attached hydrogens (tertiary/aromatic N) is 2. The zero-order valence-corrected chi connectivity index (χ0v) is 14.7. The summed E-state index contributed by atoms with van der Waals surface area (Å²) in [5, 5.41) is 19.1. The second kappa shape index (κ2) is 7.81. The maximum Gasteiger partial charge on any atom is 0.173 e. The number of hydrogen-bond acceptors (Lipinski definition) is 4. The zero-order chi connectivity index (χ0) is 17.0. The van der Waals surface area contributed by atoms with Gasteiger partial charge in [0.2, 0.25) is 0 Å². The largest absolute Gasteiger partial charge is 0.293 e. The molecule has 0 aliphatic rings. The molecular weight excluding hydrogens is 375 g/mol. The lowest BCUT2D eigenvalue weighted by atomic mass is 9.83. The summed E-state index contributed by atoms with van der Waals surface area (Å²) in [5.41, 5.74) is 0.444. The first-order chi connectivity index (χ1) is 11.0. The summed E-state index contributed by atoms with van der Waals surface area (Å²) in [6, 6.07) is 12.0. The van der Waals surface area contributed by atoms with Crippen molar-refractivity contribution in [2.75, 3.05) is 0 Å². The number of ketones is 1. The summed E-state index contributed by atoms with van der Waals surface area (Å²) in [4.78, 5) is 12.9. The van der Waals surface area contributed by atoms with Gasteiger partial charge in [-0.05, 0) is 29.8 Å². The van der Waals surface area contributed by atoms with Gasteiger partial charge in [-0.3, -0.25) is 4.79 Å². The van der Waals surface area contributed by atoms with Gasteiger partial charge in [0.1, 0.15) is 5.92 Å². The van der Waals surface area contributed by atoms with Crippen molar-refractivity contribution < 1.29 is 4.79 Å². The number of rotatable bonds is 5. The zero-order valence-electron chi connectivity index (χ0n) is 11.6. The van der Waals surface area contributed by atoms with Crippen molar-refractivity contribution in [1.29, 1.82) is 10.5 Å². The highest BCUT2D eigenvalue weighted by Crippen LogP contribution is 2.39. The third-order valence-electron chi connectivity index (χ3n) is 3.30. The topological polar surface area (TPSA) is 64.7 Å². The quantitative estimate of drug-likeness (QED) is 0.619. The van der Waals surface area contributed by atoms with Crippen LogP contribution in [0.4, 0.5) is 0 Å². The SMILES string of the molecule is N#CC(C#N)C(CC(=O)c1ccc(Cl)s1)c1c(Cl)cccc1Cl. The van der Waals surface area contributed by atoms with E-state index in [9.17, 15) is 15.3 Å². The Hall–Kier alpha value is -1.56. The monoisotopic (exact) mass is 382 g/mol. The molecule has 1 aromatic carbocycles. The van der Waals surface area contributed by atoms with E-state index in [2.05, 4.69) is 0 Å². The molecule has 7 heteroatoms. The summed E-state index contributed by atoms with van der Waals surface area (Å²) >= 11 is 19.4. The van der Waals surface area contributed by atoms with Crippen molar-refractivity contribution in [3.8, 4) is 12.1 Å². The van der Waals surface area contributed by atoms with E-state index in [0.717, 1.165) is 11.3 Å². The van der Waals surface area contributed by atoms with Crippen LogP contribution in [0.3, 0.4) is 0 Å². The highest BCUT2D eigenvalue weighted by molar-refractivity contribution is 7.18. The molecule has 0 aliphatic heterocycles. The van der Waals surface area contributed by atoms with Crippen LogP contribution in [-0.2, 0) is 0 Å². The number of carbonyl (C=O) groups is 1. The van der Waals surface area contributed by atoms with Crippen LogP contribution < -0.4 is 0 Å². The Bertz CT molecular complexity index is 785. The van der Waals surface area contributed by atoms with E-state index < -0.39 is 11.8 Å². The Morgan fingerprint density at radius 2 is 1.70 bits per heavy atom. The number of thiophene rings is 1. The van der Waals surface area contributed by atoms with Crippen molar-refractivity contribution in [2.45, 2.75) is 12.3 Å². The molecule has 0 spiro atoms. The molecule has 0 saturated heterocycles.